The zero-order valence-corrected chi connectivity index (χ0v) is 10.1. The van der Waals surface area contributed by atoms with Crippen LogP contribution in [0.1, 0.15) is 17.4 Å². The molecule has 4 nitrogen and oxygen atoms in total. The minimum Gasteiger partial charge on any atom is -0.330 e. The number of rotatable bonds is 2. The topological polar surface area (TPSA) is 56.7 Å². The zero-order valence-electron chi connectivity index (χ0n) is 10.1. The predicted octanol–water partition coefficient (Wildman–Crippen LogP) is 2.02. The molecule has 1 aromatic carbocycles. The van der Waals surface area contributed by atoms with Crippen molar-refractivity contribution in [2.24, 2.45) is 12.8 Å². The molecule has 18 heavy (non-hydrogen) atoms. The van der Waals surface area contributed by atoms with Crippen molar-refractivity contribution in [3.8, 4) is 0 Å². The fourth-order valence-electron chi connectivity index (χ4n) is 2.15. The molecule has 0 radical (unpaired) electrons. The van der Waals surface area contributed by atoms with Gasteiger partial charge in [0.25, 0.3) is 0 Å². The Labute approximate surface area is 105 Å². The van der Waals surface area contributed by atoms with Gasteiger partial charge in [-0.25, -0.2) is 4.98 Å². The smallest absolute Gasteiger partial charge is 0.131 e. The summed E-state index contributed by atoms with van der Waals surface area (Å²) >= 11 is 0. The lowest BCUT2D eigenvalue weighted by Gasteiger charge is -2.11. The van der Waals surface area contributed by atoms with Crippen molar-refractivity contribution >= 4 is 11.0 Å². The molecule has 0 fully saturated rings. The second kappa shape index (κ2) is 4.23. The largest absolute Gasteiger partial charge is 0.330 e. The molecule has 0 aliphatic heterocycles. The van der Waals surface area contributed by atoms with E-state index in [1.54, 1.807) is 12.4 Å². The average molecular weight is 238 g/mol. The molecule has 0 spiro atoms. The lowest BCUT2D eigenvalue weighted by atomic mass is 10.1. The Morgan fingerprint density at radius 3 is 2.72 bits per heavy atom. The Morgan fingerprint density at radius 2 is 2.00 bits per heavy atom. The summed E-state index contributed by atoms with van der Waals surface area (Å²) in [5, 5.41) is 0. The fraction of sp³-hybridized carbons (Fsp3) is 0.143. The van der Waals surface area contributed by atoms with Crippen LogP contribution in [0.15, 0.2) is 48.8 Å². The van der Waals surface area contributed by atoms with E-state index < -0.39 is 0 Å². The van der Waals surface area contributed by atoms with Crippen LogP contribution in [0.4, 0.5) is 0 Å². The Balaban J connectivity index is 2.12. The highest BCUT2D eigenvalue weighted by Crippen LogP contribution is 2.22. The van der Waals surface area contributed by atoms with Crippen LogP contribution < -0.4 is 5.73 Å². The van der Waals surface area contributed by atoms with E-state index in [1.165, 1.54) is 0 Å². The van der Waals surface area contributed by atoms with Gasteiger partial charge in [-0.05, 0) is 23.8 Å². The van der Waals surface area contributed by atoms with Crippen LogP contribution in [-0.4, -0.2) is 14.5 Å². The maximum atomic E-state index is 6.26. The number of para-hydroxylation sites is 2. The summed E-state index contributed by atoms with van der Waals surface area (Å²) in [5.74, 6) is 0.851. The number of hydrogen-bond donors (Lipinski definition) is 1. The molecule has 2 N–H and O–H groups in total. The minimum absolute atomic E-state index is 0.254. The SMILES string of the molecule is Cn1c([C@H](N)c2cccnc2)nc2ccccc21. The van der Waals surface area contributed by atoms with Gasteiger partial charge in [0, 0.05) is 19.4 Å². The number of benzene rings is 1. The van der Waals surface area contributed by atoms with E-state index in [9.17, 15) is 0 Å². The molecule has 3 rings (SSSR count). The molecule has 0 aliphatic carbocycles. The quantitative estimate of drug-likeness (QED) is 0.743. The predicted molar refractivity (Wildman–Crippen MR) is 71.0 cm³/mol. The van der Waals surface area contributed by atoms with Gasteiger partial charge in [0.15, 0.2) is 0 Å². The summed E-state index contributed by atoms with van der Waals surface area (Å²) in [6.45, 7) is 0. The molecule has 0 bridgehead atoms. The third kappa shape index (κ3) is 1.67. The summed E-state index contributed by atoms with van der Waals surface area (Å²) in [5.41, 5.74) is 9.28. The Morgan fingerprint density at radius 1 is 1.17 bits per heavy atom. The molecule has 90 valence electrons. The van der Waals surface area contributed by atoms with Crippen molar-refractivity contribution in [3.63, 3.8) is 0 Å². The van der Waals surface area contributed by atoms with E-state index >= 15 is 0 Å². The fourth-order valence-corrected chi connectivity index (χ4v) is 2.15. The molecule has 2 aromatic heterocycles. The first-order valence-corrected chi connectivity index (χ1v) is 5.84. The lowest BCUT2D eigenvalue weighted by molar-refractivity contribution is 0.726. The van der Waals surface area contributed by atoms with Crippen LogP contribution in [0, 0.1) is 0 Å². The third-order valence-electron chi connectivity index (χ3n) is 3.14. The monoisotopic (exact) mass is 238 g/mol. The van der Waals surface area contributed by atoms with E-state index in [0.29, 0.717) is 0 Å². The van der Waals surface area contributed by atoms with E-state index in [-0.39, 0.29) is 6.04 Å². The second-order valence-corrected chi connectivity index (χ2v) is 4.28. The zero-order chi connectivity index (χ0) is 12.5. The van der Waals surface area contributed by atoms with Crippen LogP contribution in [0.3, 0.4) is 0 Å². The normalized spacial score (nSPS) is 12.8. The molecule has 0 saturated carbocycles. The standard InChI is InChI=1S/C14H14N4/c1-18-12-7-3-2-6-11(12)17-14(18)13(15)10-5-4-8-16-9-10/h2-9,13H,15H2,1H3/t13-/m1/s1. The van der Waals surface area contributed by atoms with Gasteiger partial charge in [0.05, 0.1) is 17.1 Å². The van der Waals surface area contributed by atoms with Crippen molar-refractivity contribution < 1.29 is 0 Å². The highest BCUT2D eigenvalue weighted by atomic mass is 15.1. The van der Waals surface area contributed by atoms with Crippen molar-refractivity contribution in [1.29, 1.82) is 0 Å². The van der Waals surface area contributed by atoms with E-state index in [2.05, 4.69) is 9.97 Å². The maximum absolute atomic E-state index is 6.26. The number of nitrogens with zero attached hydrogens (tertiary/aromatic N) is 3. The first-order chi connectivity index (χ1) is 8.77. The van der Waals surface area contributed by atoms with Crippen LogP contribution in [0.25, 0.3) is 11.0 Å². The molecule has 0 amide bonds. The van der Waals surface area contributed by atoms with Crippen LogP contribution in [0.2, 0.25) is 0 Å². The molecule has 3 aromatic rings. The van der Waals surface area contributed by atoms with Gasteiger partial charge < -0.3 is 10.3 Å². The summed E-state index contributed by atoms with van der Waals surface area (Å²) in [6.07, 6.45) is 3.52. The number of imidazole rings is 1. The van der Waals surface area contributed by atoms with Crippen molar-refractivity contribution in [2.45, 2.75) is 6.04 Å². The number of nitrogens with two attached hydrogens (primary N) is 1. The van der Waals surface area contributed by atoms with Gasteiger partial charge in [0.2, 0.25) is 0 Å². The Kier molecular flexibility index (Phi) is 2.57. The van der Waals surface area contributed by atoms with E-state index in [0.717, 1.165) is 22.4 Å². The summed E-state index contributed by atoms with van der Waals surface area (Å²) in [4.78, 5) is 8.70. The Hall–Kier alpha value is -2.20. The van der Waals surface area contributed by atoms with Crippen LogP contribution in [-0.2, 0) is 7.05 Å². The van der Waals surface area contributed by atoms with Gasteiger partial charge in [-0.15, -0.1) is 0 Å². The number of hydrogen-bond acceptors (Lipinski definition) is 3. The third-order valence-corrected chi connectivity index (χ3v) is 3.14. The second-order valence-electron chi connectivity index (χ2n) is 4.28. The van der Waals surface area contributed by atoms with Gasteiger partial charge in [-0.3, -0.25) is 4.98 Å². The number of aromatic nitrogens is 3. The molecule has 0 saturated heterocycles. The molecule has 1 atom stereocenters. The van der Waals surface area contributed by atoms with Gasteiger partial charge >= 0.3 is 0 Å². The molecular weight excluding hydrogens is 224 g/mol. The van der Waals surface area contributed by atoms with E-state index in [1.807, 2.05) is 48.0 Å². The highest BCUT2D eigenvalue weighted by Gasteiger charge is 2.16. The molecular formula is C14H14N4. The average Bonchev–Trinajstić information content (AvgIpc) is 2.77. The number of aryl methyl sites for hydroxylation is 1. The molecule has 4 heteroatoms. The van der Waals surface area contributed by atoms with Crippen molar-refractivity contribution in [1.82, 2.24) is 14.5 Å². The summed E-state index contributed by atoms with van der Waals surface area (Å²) < 4.78 is 2.03. The lowest BCUT2D eigenvalue weighted by Crippen LogP contribution is -2.16. The number of pyridine rings is 1. The van der Waals surface area contributed by atoms with Crippen molar-refractivity contribution in [3.05, 3.63) is 60.2 Å². The molecule has 0 aliphatic rings. The highest BCUT2D eigenvalue weighted by molar-refractivity contribution is 5.76. The van der Waals surface area contributed by atoms with E-state index in [4.69, 9.17) is 5.73 Å². The first kappa shape index (κ1) is 10.9. The van der Waals surface area contributed by atoms with Gasteiger partial charge in [-0.1, -0.05) is 18.2 Å². The van der Waals surface area contributed by atoms with Crippen LogP contribution in [0.5, 0.6) is 0 Å². The molecule has 2 heterocycles. The number of fused-ring (bicyclic) bond motifs is 1. The van der Waals surface area contributed by atoms with Gasteiger partial charge in [0.1, 0.15) is 5.82 Å². The Bertz CT molecular complexity index is 673. The summed E-state index contributed by atoms with van der Waals surface area (Å²) in [6, 6.07) is 11.6. The molecule has 0 unspecified atom stereocenters. The summed E-state index contributed by atoms with van der Waals surface area (Å²) in [7, 11) is 1.99. The maximum Gasteiger partial charge on any atom is 0.131 e. The minimum atomic E-state index is -0.254. The van der Waals surface area contributed by atoms with Gasteiger partial charge in [-0.2, -0.15) is 0 Å². The van der Waals surface area contributed by atoms with Crippen molar-refractivity contribution in [2.75, 3.05) is 0 Å². The van der Waals surface area contributed by atoms with Crippen LogP contribution >= 0.6 is 0 Å². The first-order valence-electron chi connectivity index (χ1n) is 5.84.